The molecule has 4 aromatic carbocycles. The molecule has 0 saturated heterocycles. The molecule has 174 valence electrons. The standard InChI is InChI=1S/C29H25F3O2/c30-26-18-25(21-8-2-1-3-9-21)28(32)27(31)24(26)17-16-22(29(33)34)14-7-13-20-12-6-11-19-10-4-5-15-23(19)20/h1-6,8-12,15,18,22H,7,13-14,16-17H2,(H,33,34). The second kappa shape index (κ2) is 10.6. The van der Waals surface area contributed by atoms with Crippen molar-refractivity contribution in [3.05, 3.63) is 107 Å². The van der Waals surface area contributed by atoms with Gasteiger partial charge in [0.15, 0.2) is 11.6 Å². The van der Waals surface area contributed by atoms with Crippen LogP contribution in [0, 0.1) is 23.4 Å². The molecule has 0 bridgehead atoms. The van der Waals surface area contributed by atoms with E-state index < -0.39 is 34.9 Å². The Morgan fingerprint density at radius 2 is 1.50 bits per heavy atom. The largest absolute Gasteiger partial charge is 0.481 e. The predicted octanol–water partition coefficient (Wildman–Crippen LogP) is 7.58. The maximum Gasteiger partial charge on any atom is 0.306 e. The Kier molecular flexibility index (Phi) is 7.31. The Morgan fingerprint density at radius 1 is 0.794 bits per heavy atom. The Morgan fingerprint density at radius 3 is 2.26 bits per heavy atom. The van der Waals surface area contributed by atoms with Gasteiger partial charge in [-0.3, -0.25) is 4.79 Å². The first-order chi connectivity index (χ1) is 16.5. The van der Waals surface area contributed by atoms with Gasteiger partial charge in [0, 0.05) is 11.1 Å². The van der Waals surface area contributed by atoms with E-state index in [1.54, 1.807) is 30.3 Å². The molecule has 0 aliphatic carbocycles. The Bertz CT molecular complexity index is 1300. The molecule has 5 heteroatoms. The Labute approximate surface area is 196 Å². The molecule has 0 saturated carbocycles. The molecule has 2 nitrogen and oxygen atoms in total. The van der Waals surface area contributed by atoms with Crippen LogP contribution in [0.1, 0.15) is 30.4 Å². The fourth-order valence-electron chi connectivity index (χ4n) is 4.45. The summed E-state index contributed by atoms with van der Waals surface area (Å²) in [4.78, 5) is 11.8. The molecule has 4 rings (SSSR count). The van der Waals surface area contributed by atoms with Crippen molar-refractivity contribution < 1.29 is 23.1 Å². The molecule has 0 radical (unpaired) electrons. The smallest absolute Gasteiger partial charge is 0.306 e. The van der Waals surface area contributed by atoms with E-state index in [2.05, 4.69) is 0 Å². The Balaban J connectivity index is 1.43. The van der Waals surface area contributed by atoms with Gasteiger partial charge < -0.3 is 5.11 Å². The van der Waals surface area contributed by atoms with Crippen LogP contribution in [0.4, 0.5) is 13.2 Å². The van der Waals surface area contributed by atoms with Crippen molar-refractivity contribution >= 4 is 16.7 Å². The van der Waals surface area contributed by atoms with Gasteiger partial charge in [0.1, 0.15) is 5.82 Å². The average molecular weight is 463 g/mol. The summed E-state index contributed by atoms with van der Waals surface area (Å²) in [5.74, 6) is -5.02. The minimum Gasteiger partial charge on any atom is -0.481 e. The zero-order valence-electron chi connectivity index (χ0n) is 18.6. The van der Waals surface area contributed by atoms with Gasteiger partial charge in [-0.25, -0.2) is 13.2 Å². The minimum absolute atomic E-state index is 0.0306. The fraction of sp³-hybridized carbons (Fsp3) is 0.207. The zero-order chi connectivity index (χ0) is 24.1. The first-order valence-electron chi connectivity index (χ1n) is 11.4. The molecule has 0 aromatic heterocycles. The van der Waals surface area contributed by atoms with Crippen LogP contribution in [0.3, 0.4) is 0 Å². The lowest BCUT2D eigenvalue weighted by Crippen LogP contribution is -2.16. The molecule has 0 aliphatic rings. The molecule has 0 aliphatic heterocycles. The van der Waals surface area contributed by atoms with Gasteiger partial charge in [0.25, 0.3) is 0 Å². The summed E-state index contributed by atoms with van der Waals surface area (Å²) in [5.41, 5.74) is 0.959. The van der Waals surface area contributed by atoms with E-state index in [9.17, 15) is 23.1 Å². The van der Waals surface area contributed by atoms with Crippen LogP contribution in [0.2, 0.25) is 0 Å². The average Bonchev–Trinajstić information content (AvgIpc) is 2.85. The monoisotopic (exact) mass is 462 g/mol. The molecule has 1 unspecified atom stereocenters. The van der Waals surface area contributed by atoms with E-state index in [0.717, 1.165) is 22.4 Å². The molecule has 4 aromatic rings. The maximum atomic E-state index is 14.7. The third-order valence-corrected chi connectivity index (χ3v) is 6.31. The molecular weight excluding hydrogens is 437 g/mol. The zero-order valence-corrected chi connectivity index (χ0v) is 18.6. The highest BCUT2D eigenvalue weighted by Crippen LogP contribution is 2.30. The summed E-state index contributed by atoms with van der Waals surface area (Å²) < 4.78 is 44.1. The van der Waals surface area contributed by atoms with E-state index in [-0.39, 0.29) is 18.4 Å². The highest BCUT2D eigenvalue weighted by Gasteiger charge is 2.23. The molecule has 0 spiro atoms. The first-order valence-corrected chi connectivity index (χ1v) is 11.4. The molecule has 0 amide bonds. The summed E-state index contributed by atoms with van der Waals surface area (Å²) in [6.07, 6.45) is 1.54. The van der Waals surface area contributed by atoms with Gasteiger partial charge in [-0.05, 0) is 60.1 Å². The number of carbonyl (C=O) groups is 1. The lowest BCUT2D eigenvalue weighted by molar-refractivity contribution is -0.142. The van der Waals surface area contributed by atoms with Crippen molar-refractivity contribution in [2.75, 3.05) is 0 Å². The molecular formula is C29H25F3O2. The van der Waals surface area contributed by atoms with Gasteiger partial charge in [0.2, 0.25) is 0 Å². The van der Waals surface area contributed by atoms with Gasteiger partial charge in [-0.2, -0.15) is 0 Å². The lowest BCUT2D eigenvalue weighted by atomic mass is 9.91. The van der Waals surface area contributed by atoms with E-state index in [1.807, 2.05) is 42.5 Å². The molecule has 1 atom stereocenters. The number of carboxylic acid groups (broad SMARTS) is 1. The molecule has 0 heterocycles. The third kappa shape index (κ3) is 5.14. The highest BCUT2D eigenvalue weighted by atomic mass is 19.2. The number of aryl methyl sites for hydroxylation is 1. The number of fused-ring (bicyclic) bond motifs is 1. The highest BCUT2D eigenvalue weighted by molar-refractivity contribution is 5.85. The van der Waals surface area contributed by atoms with Gasteiger partial charge >= 0.3 is 5.97 Å². The summed E-state index contributed by atoms with van der Waals surface area (Å²) in [5, 5.41) is 11.9. The normalized spacial score (nSPS) is 12.1. The van der Waals surface area contributed by atoms with Gasteiger partial charge in [-0.1, -0.05) is 72.8 Å². The number of hydrogen-bond acceptors (Lipinski definition) is 1. The first kappa shape index (κ1) is 23.6. The second-order valence-corrected chi connectivity index (χ2v) is 8.48. The maximum absolute atomic E-state index is 14.7. The number of benzene rings is 4. The number of rotatable bonds is 9. The van der Waals surface area contributed by atoms with E-state index in [4.69, 9.17) is 0 Å². The van der Waals surface area contributed by atoms with Crippen molar-refractivity contribution in [2.45, 2.75) is 32.1 Å². The van der Waals surface area contributed by atoms with E-state index in [0.29, 0.717) is 24.8 Å². The van der Waals surface area contributed by atoms with Crippen molar-refractivity contribution in [3.63, 3.8) is 0 Å². The summed E-state index contributed by atoms with van der Waals surface area (Å²) in [7, 11) is 0. The Hall–Kier alpha value is -3.60. The predicted molar refractivity (Wildman–Crippen MR) is 128 cm³/mol. The minimum atomic E-state index is -1.25. The van der Waals surface area contributed by atoms with Crippen LogP contribution in [0.25, 0.3) is 21.9 Å². The fourth-order valence-corrected chi connectivity index (χ4v) is 4.45. The molecule has 34 heavy (non-hydrogen) atoms. The van der Waals surface area contributed by atoms with Crippen molar-refractivity contribution in [3.8, 4) is 11.1 Å². The summed E-state index contributed by atoms with van der Waals surface area (Å²) in [6.45, 7) is 0. The van der Waals surface area contributed by atoms with Crippen LogP contribution in [-0.2, 0) is 17.6 Å². The molecule has 1 N–H and O–H groups in total. The number of halogens is 3. The van der Waals surface area contributed by atoms with Crippen LogP contribution < -0.4 is 0 Å². The number of aliphatic carboxylic acids is 1. The quantitative estimate of drug-likeness (QED) is 0.260. The van der Waals surface area contributed by atoms with Crippen molar-refractivity contribution in [1.29, 1.82) is 0 Å². The van der Waals surface area contributed by atoms with Crippen molar-refractivity contribution in [2.24, 2.45) is 5.92 Å². The van der Waals surface area contributed by atoms with Crippen LogP contribution in [0.15, 0.2) is 78.9 Å². The SMILES string of the molecule is O=C(O)C(CCCc1cccc2ccccc12)CCc1c(F)cc(-c2ccccc2)c(F)c1F. The number of hydrogen-bond donors (Lipinski definition) is 1. The van der Waals surface area contributed by atoms with E-state index >= 15 is 0 Å². The van der Waals surface area contributed by atoms with E-state index in [1.165, 1.54) is 0 Å². The van der Waals surface area contributed by atoms with Gasteiger partial charge in [0.05, 0.1) is 5.92 Å². The second-order valence-electron chi connectivity index (χ2n) is 8.48. The van der Waals surface area contributed by atoms with Crippen molar-refractivity contribution in [1.82, 2.24) is 0 Å². The third-order valence-electron chi connectivity index (χ3n) is 6.31. The summed E-state index contributed by atoms with van der Waals surface area (Å²) >= 11 is 0. The van der Waals surface area contributed by atoms with Crippen LogP contribution in [-0.4, -0.2) is 11.1 Å². The number of carboxylic acids is 1. The van der Waals surface area contributed by atoms with Gasteiger partial charge in [-0.15, -0.1) is 0 Å². The van der Waals surface area contributed by atoms with Crippen LogP contribution in [0.5, 0.6) is 0 Å². The summed E-state index contributed by atoms with van der Waals surface area (Å²) in [6, 6.07) is 23.2. The molecule has 0 fully saturated rings. The topological polar surface area (TPSA) is 37.3 Å². The van der Waals surface area contributed by atoms with Crippen LogP contribution >= 0.6 is 0 Å². The lowest BCUT2D eigenvalue weighted by Gasteiger charge is -2.15.